The molecule has 1 aliphatic heterocycles. The maximum Gasteiger partial charge on any atom is 0.264 e. The molecule has 0 saturated carbocycles. The minimum atomic E-state index is -0.603. The number of H-pyrrole nitrogens is 1. The van der Waals surface area contributed by atoms with Gasteiger partial charge in [-0.2, -0.15) is 5.10 Å². The summed E-state index contributed by atoms with van der Waals surface area (Å²) in [5, 5.41) is 6.20. The van der Waals surface area contributed by atoms with Crippen LogP contribution >= 0.6 is 11.6 Å². The highest BCUT2D eigenvalue weighted by Gasteiger charge is 2.25. The van der Waals surface area contributed by atoms with Gasteiger partial charge in [0.2, 0.25) is 0 Å². The van der Waals surface area contributed by atoms with E-state index in [1.165, 1.54) is 24.3 Å². The fraction of sp³-hybridized carbons (Fsp3) is 0.267. The average molecular weight is 337 g/mol. The number of carbonyl (C=O) groups is 1. The number of nitrogens with one attached hydrogen (secondary N) is 1. The number of aromatic nitrogens is 2. The van der Waals surface area contributed by atoms with Gasteiger partial charge in [0.25, 0.3) is 11.5 Å². The molecule has 0 aliphatic carbocycles. The van der Waals surface area contributed by atoms with Crippen molar-refractivity contribution < 1.29 is 9.18 Å². The van der Waals surface area contributed by atoms with Crippen LogP contribution in [-0.2, 0) is 0 Å². The number of piperazine rings is 1. The number of rotatable bonds is 2. The Hall–Kier alpha value is -2.41. The third-order valence-corrected chi connectivity index (χ3v) is 4.12. The fourth-order valence-electron chi connectivity index (χ4n) is 2.49. The number of halogens is 2. The molecule has 2 aromatic rings. The van der Waals surface area contributed by atoms with Gasteiger partial charge in [-0.05, 0) is 18.2 Å². The first-order valence-electron chi connectivity index (χ1n) is 7.10. The summed E-state index contributed by atoms with van der Waals surface area (Å²) in [6.07, 6.45) is 0. The Kier molecular flexibility index (Phi) is 4.29. The highest BCUT2D eigenvalue weighted by atomic mass is 35.5. The highest BCUT2D eigenvalue weighted by Crippen LogP contribution is 2.22. The van der Waals surface area contributed by atoms with Gasteiger partial charge in [0.1, 0.15) is 11.6 Å². The van der Waals surface area contributed by atoms with Crippen LogP contribution < -0.4 is 10.5 Å². The molecular weight excluding hydrogens is 323 g/mol. The lowest BCUT2D eigenvalue weighted by Crippen LogP contribution is -2.49. The van der Waals surface area contributed by atoms with Gasteiger partial charge in [-0.3, -0.25) is 9.59 Å². The quantitative estimate of drug-likeness (QED) is 0.903. The van der Waals surface area contributed by atoms with Gasteiger partial charge in [0.15, 0.2) is 0 Å². The van der Waals surface area contributed by atoms with E-state index in [9.17, 15) is 14.0 Å². The molecule has 0 atom stereocenters. The van der Waals surface area contributed by atoms with E-state index in [0.717, 1.165) is 0 Å². The monoisotopic (exact) mass is 336 g/mol. The zero-order valence-corrected chi connectivity index (χ0v) is 12.9. The standard InChI is InChI=1S/C15H14ClFN4O2/c16-14-10(2-1-3-11(14)17)15(23)21-8-6-20(7-9-21)12-4-5-13(22)19-18-12/h1-5H,6-9H2,(H,19,22). The van der Waals surface area contributed by atoms with Gasteiger partial charge in [0, 0.05) is 32.2 Å². The summed E-state index contributed by atoms with van der Waals surface area (Å²) in [6.45, 7) is 2.06. The van der Waals surface area contributed by atoms with Crippen molar-refractivity contribution in [2.75, 3.05) is 31.1 Å². The third kappa shape index (κ3) is 3.19. The molecule has 1 amide bonds. The maximum atomic E-state index is 13.5. The normalized spacial score (nSPS) is 14.9. The Morgan fingerprint density at radius 3 is 2.57 bits per heavy atom. The molecule has 2 heterocycles. The molecule has 0 bridgehead atoms. The molecule has 0 radical (unpaired) electrons. The lowest BCUT2D eigenvalue weighted by Gasteiger charge is -2.35. The van der Waals surface area contributed by atoms with Crippen LogP contribution in [0.1, 0.15) is 10.4 Å². The number of anilines is 1. The van der Waals surface area contributed by atoms with E-state index in [1.807, 2.05) is 4.90 Å². The number of aromatic amines is 1. The smallest absolute Gasteiger partial charge is 0.264 e. The molecule has 23 heavy (non-hydrogen) atoms. The van der Waals surface area contributed by atoms with Gasteiger partial charge in [-0.15, -0.1) is 0 Å². The van der Waals surface area contributed by atoms with E-state index >= 15 is 0 Å². The topological polar surface area (TPSA) is 69.3 Å². The molecule has 6 nitrogen and oxygen atoms in total. The predicted molar refractivity (Wildman–Crippen MR) is 84.4 cm³/mol. The Bertz CT molecular complexity index is 767. The van der Waals surface area contributed by atoms with Crippen molar-refractivity contribution in [3.63, 3.8) is 0 Å². The van der Waals surface area contributed by atoms with Gasteiger partial charge in [-0.25, -0.2) is 9.49 Å². The molecule has 1 aliphatic rings. The van der Waals surface area contributed by atoms with Gasteiger partial charge in [0.05, 0.1) is 10.6 Å². The van der Waals surface area contributed by atoms with E-state index in [-0.39, 0.29) is 22.1 Å². The van der Waals surface area contributed by atoms with Crippen molar-refractivity contribution in [2.24, 2.45) is 0 Å². The predicted octanol–water partition coefficient (Wildman–Crippen LogP) is 1.52. The lowest BCUT2D eigenvalue weighted by molar-refractivity contribution is 0.0746. The molecular formula is C15H14ClFN4O2. The van der Waals surface area contributed by atoms with E-state index in [2.05, 4.69) is 10.2 Å². The first-order valence-corrected chi connectivity index (χ1v) is 7.48. The SMILES string of the molecule is O=C(c1cccc(F)c1Cl)N1CCN(c2ccc(=O)[nH]n2)CC1. The van der Waals surface area contributed by atoms with Crippen LogP contribution in [0.2, 0.25) is 5.02 Å². The van der Waals surface area contributed by atoms with Crippen LogP contribution in [0.15, 0.2) is 35.1 Å². The van der Waals surface area contributed by atoms with Crippen molar-refractivity contribution in [1.29, 1.82) is 0 Å². The summed E-state index contributed by atoms with van der Waals surface area (Å²) in [7, 11) is 0. The average Bonchev–Trinajstić information content (AvgIpc) is 2.58. The van der Waals surface area contributed by atoms with Crippen LogP contribution in [0.5, 0.6) is 0 Å². The van der Waals surface area contributed by atoms with E-state index in [0.29, 0.717) is 32.0 Å². The van der Waals surface area contributed by atoms with Crippen molar-refractivity contribution >= 4 is 23.3 Å². The fourth-order valence-corrected chi connectivity index (χ4v) is 2.70. The Labute approximate surface area is 136 Å². The number of carbonyl (C=O) groups excluding carboxylic acids is 1. The van der Waals surface area contributed by atoms with Gasteiger partial charge < -0.3 is 9.80 Å². The second kappa shape index (κ2) is 6.37. The molecule has 120 valence electrons. The first kappa shape index (κ1) is 15.5. The van der Waals surface area contributed by atoms with Crippen molar-refractivity contribution in [1.82, 2.24) is 15.1 Å². The Morgan fingerprint density at radius 2 is 1.91 bits per heavy atom. The van der Waals surface area contributed by atoms with Crippen molar-refractivity contribution in [3.05, 3.63) is 57.1 Å². The zero-order chi connectivity index (χ0) is 16.4. The highest BCUT2D eigenvalue weighted by molar-refractivity contribution is 6.34. The molecule has 3 rings (SSSR count). The summed E-state index contributed by atoms with van der Waals surface area (Å²) in [6, 6.07) is 7.25. The lowest BCUT2D eigenvalue weighted by atomic mass is 10.1. The summed E-state index contributed by atoms with van der Waals surface area (Å²) >= 11 is 5.87. The molecule has 1 saturated heterocycles. The second-order valence-corrected chi connectivity index (χ2v) is 5.54. The van der Waals surface area contributed by atoms with E-state index < -0.39 is 5.82 Å². The zero-order valence-electron chi connectivity index (χ0n) is 12.1. The number of hydrogen-bond donors (Lipinski definition) is 1. The molecule has 8 heteroatoms. The summed E-state index contributed by atoms with van der Waals surface area (Å²) < 4.78 is 13.5. The largest absolute Gasteiger partial charge is 0.352 e. The molecule has 0 unspecified atom stereocenters. The van der Waals surface area contributed by atoms with E-state index in [4.69, 9.17) is 11.6 Å². The van der Waals surface area contributed by atoms with Crippen LogP contribution in [0.4, 0.5) is 10.2 Å². The van der Waals surface area contributed by atoms with Crippen molar-refractivity contribution in [2.45, 2.75) is 0 Å². The van der Waals surface area contributed by atoms with Crippen LogP contribution in [-0.4, -0.2) is 47.2 Å². The minimum absolute atomic E-state index is 0.151. The first-order chi connectivity index (χ1) is 11.1. The number of nitrogens with zero attached hydrogens (tertiary/aromatic N) is 3. The molecule has 1 aromatic carbocycles. The Morgan fingerprint density at radius 1 is 1.17 bits per heavy atom. The minimum Gasteiger partial charge on any atom is -0.352 e. The second-order valence-electron chi connectivity index (χ2n) is 5.16. The number of benzene rings is 1. The number of hydrogen-bond acceptors (Lipinski definition) is 4. The van der Waals surface area contributed by atoms with Crippen LogP contribution in [0, 0.1) is 5.82 Å². The number of amides is 1. The summed E-state index contributed by atoms with van der Waals surface area (Å²) in [5.41, 5.74) is -0.0920. The van der Waals surface area contributed by atoms with Crippen molar-refractivity contribution in [3.8, 4) is 0 Å². The Balaban J connectivity index is 1.69. The maximum absolute atomic E-state index is 13.5. The molecule has 0 spiro atoms. The molecule has 1 N–H and O–H groups in total. The summed E-state index contributed by atoms with van der Waals surface area (Å²) in [4.78, 5) is 27.1. The van der Waals surface area contributed by atoms with E-state index in [1.54, 1.807) is 11.0 Å². The van der Waals surface area contributed by atoms with Gasteiger partial charge in [-0.1, -0.05) is 17.7 Å². The van der Waals surface area contributed by atoms with Crippen LogP contribution in [0.25, 0.3) is 0 Å². The van der Waals surface area contributed by atoms with Crippen LogP contribution in [0.3, 0.4) is 0 Å². The molecule has 1 fully saturated rings. The van der Waals surface area contributed by atoms with Gasteiger partial charge >= 0.3 is 0 Å². The third-order valence-electron chi connectivity index (χ3n) is 3.74. The summed E-state index contributed by atoms with van der Waals surface area (Å²) in [5.74, 6) is -0.238. The molecule has 1 aromatic heterocycles.